The molecule has 1 aliphatic rings. The van der Waals surface area contributed by atoms with Gasteiger partial charge < -0.3 is 15.5 Å². The number of unbranched alkanes of at least 4 members (excludes halogenated alkanes) is 1. The van der Waals surface area contributed by atoms with Gasteiger partial charge in [-0.3, -0.25) is 0 Å². The minimum Gasteiger partial charge on any atom is -0.357 e. The highest BCUT2D eigenvalue weighted by atomic mass is 32.1. The molecular weight excluding hydrogens is 375 g/mol. The van der Waals surface area contributed by atoms with Crippen LogP contribution in [-0.2, 0) is 12.7 Å². The molecule has 2 rings (SSSR count). The van der Waals surface area contributed by atoms with Gasteiger partial charge >= 0.3 is 6.18 Å². The molecule has 0 saturated carbocycles. The van der Waals surface area contributed by atoms with Gasteiger partial charge in [-0.15, -0.1) is 11.3 Å². The van der Waals surface area contributed by atoms with E-state index in [9.17, 15) is 13.2 Å². The molecule has 0 spiro atoms. The van der Waals surface area contributed by atoms with Gasteiger partial charge in [0.25, 0.3) is 0 Å². The fraction of sp³-hybridized carbons (Fsp3) is 0.778. The number of aromatic nitrogens is 1. The molecule has 2 heterocycles. The van der Waals surface area contributed by atoms with E-state index >= 15 is 0 Å². The number of nitrogens with zero attached hydrogens (tertiary/aromatic N) is 3. The molecule has 1 aromatic heterocycles. The summed E-state index contributed by atoms with van der Waals surface area (Å²) < 4.78 is 37.8. The summed E-state index contributed by atoms with van der Waals surface area (Å²) >= 11 is 0.985. The number of piperidine rings is 1. The minimum absolute atomic E-state index is 0.140. The van der Waals surface area contributed by atoms with E-state index in [2.05, 4.69) is 32.4 Å². The zero-order chi connectivity index (χ0) is 19.7. The lowest BCUT2D eigenvalue weighted by Crippen LogP contribution is -2.39. The van der Waals surface area contributed by atoms with Crippen LogP contribution >= 0.6 is 11.3 Å². The SMILES string of the molecule is CCNC(=NCc1nc(C(F)(F)F)cs1)NCCCCN1CCCCC1C. The van der Waals surface area contributed by atoms with E-state index in [1.807, 2.05) is 6.92 Å². The topological polar surface area (TPSA) is 52.6 Å². The second kappa shape index (κ2) is 10.8. The van der Waals surface area contributed by atoms with Crippen LogP contribution in [0.3, 0.4) is 0 Å². The maximum atomic E-state index is 12.6. The van der Waals surface area contributed by atoms with Crippen molar-refractivity contribution in [3.63, 3.8) is 0 Å². The molecule has 0 radical (unpaired) electrons. The molecule has 0 aromatic carbocycles. The van der Waals surface area contributed by atoms with Crippen molar-refractivity contribution in [3.05, 3.63) is 16.1 Å². The number of guanidine groups is 1. The molecule has 27 heavy (non-hydrogen) atoms. The van der Waals surface area contributed by atoms with E-state index < -0.39 is 11.9 Å². The van der Waals surface area contributed by atoms with E-state index in [1.54, 1.807) is 0 Å². The predicted molar refractivity (Wildman–Crippen MR) is 104 cm³/mol. The van der Waals surface area contributed by atoms with Crippen LogP contribution in [0.1, 0.15) is 56.7 Å². The average Bonchev–Trinajstić information content (AvgIpc) is 3.10. The molecule has 1 unspecified atom stereocenters. The van der Waals surface area contributed by atoms with Crippen LogP contribution in [0.15, 0.2) is 10.4 Å². The molecule has 154 valence electrons. The first-order valence-electron chi connectivity index (χ1n) is 9.68. The monoisotopic (exact) mass is 405 g/mol. The molecule has 0 amide bonds. The van der Waals surface area contributed by atoms with Crippen molar-refractivity contribution in [3.8, 4) is 0 Å². The van der Waals surface area contributed by atoms with Gasteiger partial charge in [0.15, 0.2) is 11.7 Å². The van der Waals surface area contributed by atoms with Crippen molar-refractivity contribution in [1.82, 2.24) is 20.5 Å². The summed E-state index contributed by atoms with van der Waals surface area (Å²) in [6.07, 6.45) is 1.69. The van der Waals surface area contributed by atoms with E-state index in [-0.39, 0.29) is 6.54 Å². The maximum absolute atomic E-state index is 12.6. The number of hydrogen-bond donors (Lipinski definition) is 2. The zero-order valence-electron chi connectivity index (χ0n) is 16.1. The summed E-state index contributed by atoms with van der Waals surface area (Å²) in [4.78, 5) is 10.5. The summed E-state index contributed by atoms with van der Waals surface area (Å²) in [5, 5.41) is 7.77. The first-order valence-corrected chi connectivity index (χ1v) is 10.6. The van der Waals surface area contributed by atoms with Crippen LogP contribution in [-0.4, -0.2) is 48.1 Å². The lowest BCUT2D eigenvalue weighted by Gasteiger charge is -2.33. The molecular formula is C18H30F3N5S. The number of nitrogens with one attached hydrogen (secondary N) is 2. The normalized spacial score (nSPS) is 19.3. The number of thiazole rings is 1. The van der Waals surface area contributed by atoms with E-state index in [0.29, 0.717) is 23.6 Å². The lowest BCUT2D eigenvalue weighted by molar-refractivity contribution is -0.140. The second-order valence-corrected chi connectivity index (χ2v) is 7.78. The van der Waals surface area contributed by atoms with E-state index in [1.165, 1.54) is 25.8 Å². The number of halogens is 3. The third-order valence-corrected chi connectivity index (χ3v) is 5.50. The van der Waals surface area contributed by atoms with Crippen LogP contribution < -0.4 is 10.6 Å². The van der Waals surface area contributed by atoms with Crippen molar-refractivity contribution in [2.75, 3.05) is 26.2 Å². The van der Waals surface area contributed by atoms with Crippen molar-refractivity contribution >= 4 is 17.3 Å². The summed E-state index contributed by atoms with van der Waals surface area (Å²) in [5.41, 5.74) is -0.845. The largest absolute Gasteiger partial charge is 0.434 e. The van der Waals surface area contributed by atoms with Crippen LogP contribution in [0.25, 0.3) is 0 Å². The van der Waals surface area contributed by atoms with Crippen LogP contribution in [0, 0.1) is 0 Å². The van der Waals surface area contributed by atoms with Gasteiger partial charge in [-0.05, 0) is 52.6 Å². The van der Waals surface area contributed by atoms with Gasteiger partial charge in [-0.25, -0.2) is 9.98 Å². The highest BCUT2D eigenvalue weighted by molar-refractivity contribution is 7.09. The molecule has 1 aliphatic heterocycles. The Morgan fingerprint density at radius 3 is 2.81 bits per heavy atom. The third kappa shape index (κ3) is 7.65. The van der Waals surface area contributed by atoms with Gasteiger partial charge in [-0.1, -0.05) is 6.42 Å². The Balaban J connectivity index is 1.72. The molecule has 0 aliphatic carbocycles. The van der Waals surface area contributed by atoms with Gasteiger partial charge in [-0.2, -0.15) is 13.2 Å². The Kier molecular flexibility index (Phi) is 8.82. The highest BCUT2D eigenvalue weighted by Gasteiger charge is 2.33. The summed E-state index contributed by atoms with van der Waals surface area (Å²) in [6, 6.07) is 0.686. The number of alkyl halides is 3. The molecule has 5 nitrogen and oxygen atoms in total. The van der Waals surface area contributed by atoms with Crippen LogP contribution in [0.5, 0.6) is 0 Å². The molecule has 1 fully saturated rings. The maximum Gasteiger partial charge on any atom is 0.434 e. The van der Waals surface area contributed by atoms with E-state index in [4.69, 9.17) is 0 Å². The Labute approximate surface area is 163 Å². The summed E-state index contributed by atoms with van der Waals surface area (Å²) in [6.45, 7) is 8.21. The van der Waals surface area contributed by atoms with Crippen molar-refractivity contribution in [2.24, 2.45) is 4.99 Å². The molecule has 2 N–H and O–H groups in total. The van der Waals surface area contributed by atoms with E-state index in [0.717, 1.165) is 42.6 Å². The second-order valence-electron chi connectivity index (χ2n) is 6.83. The van der Waals surface area contributed by atoms with Gasteiger partial charge in [0, 0.05) is 24.5 Å². The Morgan fingerprint density at radius 1 is 1.33 bits per heavy atom. The Bertz CT molecular complexity index is 588. The molecule has 1 aromatic rings. The minimum atomic E-state index is -4.40. The molecule has 9 heteroatoms. The third-order valence-electron chi connectivity index (χ3n) is 4.66. The molecule has 1 atom stereocenters. The fourth-order valence-corrected chi connectivity index (χ4v) is 3.86. The standard InChI is InChI=1S/C18H30F3N5S/c1-3-22-17(24-12-16-25-15(13-27-16)18(19,20)21)23-9-5-7-11-26-10-6-4-8-14(26)2/h13-14H,3-12H2,1-2H3,(H2,22,23,24). The Hall–Kier alpha value is -1.35. The summed E-state index contributed by atoms with van der Waals surface area (Å²) in [7, 11) is 0. The summed E-state index contributed by atoms with van der Waals surface area (Å²) in [5.74, 6) is 0.618. The van der Waals surface area contributed by atoms with Crippen LogP contribution in [0.2, 0.25) is 0 Å². The first kappa shape index (κ1) is 21.9. The Morgan fingerprint density at radius 2 is 2.15 bits per heavy atom. The lowest BCUT2D eigenvalue weighted by atomic mass is 10.0. The molecule has 0 bridgehead atoms. The number of likely N-dealkylation sites (tertiary alicyclic amines) is 1. The van der Waals surface area contributed by atoms with Gasteiger partial charge in [0.2, 0.25) is 0 Å². The fourth-order valence-electron chi connectivity index (χ4n) is 3.14. The quantitative estimate of drug-likeness (QED) is 0.392. The number of rotatable bonds is 8. The van der Waals surface area contributed by atoms with Crippen molar-refractivity contribution in [1.29, 1.82) is 0 Å². The predicted octanol–water partition coefficient (Wildman–Crippen LogP) is 3.87. The van der Waals surface area contributed by atoms with Crippen molar-refractivity contribution < 1.29 is 13.2 Å². The van der Waals surface area contributed by atoms with Crippen molar-refractivity contribution in [2.45, 2.75) is 64.7 Å². The van der Waals surface area contributed by atoms with Gasteiger partial charge in [0.1, 0.15) is 5.01 Å². The first-order chi connectivity index (χ1) is 12.9. The van der Waals surface area contributed by atoms with Crippen LogP contribution in [0.4, 0.5) is 13.2 Å². The number of hydrogen-bond acceptors (Lipinski definition) is 4. The van der Waals surface area contributed by atoms with Gasteiger partial charge in [0.05, 0.1) is 6.54 Å². The zero-order valence-corrected chi connectivity index (χ0v) is 16.9. The average molecular weight is 406 g/mol. The smallest absolute Gasteiger partial charge is 0.357 e. The molecule has 1 saturated heterocycles. The highest BCUT2D eigenvalue weighted by Crippen LogP contribution is 2.30. The number of aliphatic imine (C=N–C) groups is 1.